The van der Waals surface area contributed by atoms with Gasteiger partial charge in [-0.2, -0.15) is 0 Å². The molecule has 0 amide bonds. The van der Waals surface area contributed by atoms with Crippen LogP contribution in [0.5, 0.6) is 0 Å². The molecular weight excluding hydrogens is 200 g/mol. The van der Waals surface area contributed by atoms with Crippen molar-refractivity contribution in [3.05, 3.63) is 53.1 Å². The van der Waals surface area contributed by atoms with Crippen LogP contribution in [0, 0.1) is 0 Å². The molecule has 1 aromatic carbocycles. The second kappa shape index (κ2) is 3.76. The van der Waals surface area contributed by atoms with E-state index in [-0.39, 0.29) is 0 Å². The fourth-order valence-corrected chi connectivity index (χ4v) is 1.73. The van der Waals surface area contributed by atoms with Crippen molar-refractivity contribution in [1.29, 1.82) is 0 Å². The molecule has 4 heteroatoms. The fraction of sp³-hybridized carbons (Fsp3) is 0.167. The molecular formula is C12H10N4. The average molecular weight is 210 g/mol. The maximum absolute atomic E-state index is 4.32. The molecule has 4 nitrogen and oxygen atoms in total. The number of nitrogens with zero attached hydrogens (tertiary/aromatic N) is 4. The predicted molar refractivity (Wildman–Crippen MR) is 60.0 cm³/mol. The first-order valence-corrected chi connectivity index (χ1v) is 5.12. The van der Waals surface area contributed by atoms with Crippen LogP contribution in [-0.4, -0.2) is 22.1 Å². The number of aromatic nitrogens is 2. The van der Waals surface area contributed by atoms with Gasteiger partial charge in [0.05, 0.1) is 12.9 Å². The summed E-state index contributed by atoms with van der Waals surface area (Å²) in [5.74, 6) is 2.87. The van der Waals surface area contributed by atoms with Gasteiger partial charge in [-0.25, -0.2) is 15.0 Å². The molecule has 2 heterocycles. The molecule has 78 valence electrons. The van der Waals surface area contributed by atoms with Crippen LogP contribution in [0.3, 0.4) is 0 Å². The van der Waals surface area contributed by atoms with Crippen molar-refractivity contribution >= 4 is 5.87 Å². The maximum atomic E-state index is 4.32. The van der Waals surface area contributed by atoms with Crippen molar-refractivity contribution in [3.63, 3.8) is 0 Å². The van der Waals surface area contributed by atoms with Crippen LogP contribution in [0.1, 0.15) is 5.56 Å². The van der Waals surface area contributed by atoms with E-state index in [2.05, 4.69) is 33.0 Å². The third kappa shape index (κ3) is 1.55. The Morgan fingerprint density at radius 1 is 1.25 bits per heavy atom. The van der Waals surface area contributed by atoms with Gasteiger partial charge in [-0.1, -0.05) is 30.3 Å². The van der Waals surface area contributed by atoms with E-state index in [0.717, 1.165) is 17.4 Å². The van der Waals surface area contributed by atoms with Crippen LogP contribution in [-0.2, 0) is 6.54 Å². The van der Waals surface area contributed by atoms with Crippen LogP contribution in [0.4, 0.5) is 0 Å². The number of aliphatic imine (C=N–C) groups is 1. The number of benzene rings is 1. The van der Waals surface area contributed by atoms with E-state index in [1.54, 1.807) is 6.33 Å². The summed E-state index contributed by atoms with van der Waals surface area (Å²) in [5.41, 5.74) is 2.11. The summed E-state index contributed by atoms with van der Waals surface area (Å²) >= 11 is 0. The zero-order valence-electron chi connectivity index (χ0n) is 8.67. The van der Waals surface area contributed by atoms with Crippen molar-refractivity contribution in [2.24, 2.45) is 9.98 Å². The Hall–Kier alpha value is -2.19. The van der Waals surface area contributed by atoms with Crippen molar-refractivity contribution in [3.8, 4) is 0 Å². The molecule has 0 spiro atoms. The lowest BCUT2D eigenvalue weighted by atomic mass is 10.2. The monoisotopic (exact) mass is 210 g/mol. The standard InChI is InChI=1S/C12H10N4/c1-2-4-10(5-3-1)7-16-9-15-11-6-13-8-14-12(11)16/h1-5,9H,7-8H2. The Morgan fingerprint density at radius 2 is 2.12 bits per heavy atom. The quantitative estimate of drug-likeness (QED) is 0.680. The van der Waals surface area contributed by atoms with E-state index in [4.69, 9.17) is 0 Å². The summed E-state index contributed by atoms with van der Waals surface area (Å²) in [4.78, 5) is 12.5. The Labute approximate surface area is 92.3 Å². The molecule has 0 radical (unpaired) electrons. The van der Waals surface area contributed by atoms with Crippen LogP contribution in [0.15, 0.2) is 46.6 Å². The van der Waals surface area contributed by atoms with Gasteiger partial charge >= 0.3 is 0 Å². The summed E-state index contributed by atoms with van der Waals surface area (Å²) < 4.78 is 2.02. The first-order chi connectivity index (χ1) is 7.93. The van der Waals surface area contributed by atoms with Gasteiger partial charge in [0.2, 0.25) is 0 Å². The molecule has 2 aromatic rings. The average Bonchev–Trinajstić information content (AvgIpc) is 2.74. The van der Waals surface area contributed by atoms with Crippen molar-refractivity contribution in [2.45, 2.75) is 6.54 Å². The van der Waals surface area contributed by atoms with Gasteiger partial charge in [0, 0.05) is 5.87 Å². The second-order valence-corrected chi connectivity index (χ2v) is 3.60. The molecule has 0 fully saturated rings. The minimum Gasteiger partial charge on any atom is -0.310 e. The molecule has 16 heavy (non-hydrogen) atoms. The van der Waals surface area contributed by atoms with Gasteiger partial charge in [-0.15, -0.1) is 0 Å². The van der Waals surface area contributed by atoms with Crippen LogP contribution in [0.2, 0.25) is 0 Å². The first-order valence-electron chi connectivity index (χ1n) is 5.12. The van der Waals surface area contributed by atoms with Gasteiger partial charge < -0.3 is 4.57 Å². The number of hydrogen-bond acceptors (Lipinski definition) is 3. The van der Waals surface area contributed by atoms with Gasteiger partial charge in [0.15, 0.2) is 10.8 Å². The summed E-state index contributed by atoms with van der Waals surface area (Å²) in [6, 6.07) is 10.3. The Balaban J connectivity index is 2.05. The minimum atomic E-state index is 0.452. The third-order valence-corrected chi connectivity index (χ3v) is 2.48. The van der Waals surface area contributed by atoms with E-state index >= 15 is 0 Å². The van der Waals surface area contributed by atoms with Gasteiger partial charge in [-0.3, -0.25) is 0 Å². The largest absolute Gasteiger partial charge is 0.310 e. The van der Waals surface area contributed by atoms with E-state index in [1.165, 1.54) is 5.56 Å². The predicted octanol–water partition coefficient (Wildman–Crippen LogP) is -0.137. The van der Waals surface area contributed by atoms with Crippen molar-refractivity contribution in [2.75, 3.05) is 6.67 Å². The van der Waals surface area contributed by atoms with Gasteiger partial charge in [-0.05, 0) is 5.56 Å². The van der Waals surface area contributed by atoms with Gasteiger partial charge in [0.1, 0.15) is 6.67 Å². The lowest BCUT2D eigenvalue weighted by Gasteiger charge is -2.02. The molecule has 0 aliphatic carbocycles. The Morgan fingerprint density at radius 3 is 3.00 bits per heavy atom. The number of rotatable bonds is 2. The van der Waals surface area contributed by atoms with Crippen molar-refractivity contribution < 1.29 is 0 Å². The zero-order valence-corrected chi connectivity index (χ0v) is 8.67. The van der Waals surface area contributed by atoms with Crippen LogP contribution >= 0.6 is 0 Å². The molecule has 0 saturated carbocycles. The molecule has 0 unspecified atom stereocenters. The van der Waals surface area contributed by atoms with Crippen LogP contribution < -0.4 is 10.8 Å². The third-order valence-electron chi connectivity index (χ3n) is 2.48. The molecule has 1 aliphatic heterocycles. The second-order valence-electron chi connectivity index (χ2n) is 3.60. The molecule has 0 saturated heterocycles. The summed E-state index contributed by atoms with van der Waals surface area (Å²) in [6.45, 7) is 1.24. The normalized spacial score (nSPS) is 12.8. The fourth-order valence-electron chi connectivity index (χ4n) is 1.73. The highest BCUT2D eigenvalue weighted by Crippen LogP contribution is 1.99. The van der Waals surface area contributed by atoms with Gasteiger partial charge in [0.25, 0.3) is 0 Å². The molecule has 0 N–H and O–H groups in total. The number of imidazole rings is 1. The van der Waals surface area contributed by atoms with E-state index in [0.29, 0.717) is 6.67 Å². The molecule has 0 bridgehead atoms. The summed E-state index contributed by atoms with van der Waals surface area (Å²) in [6.07, 6.45) is 1.79. The SMILES string of the molecule is C1=NCN=c2c=1ncn2Cc1ccccc1. The topological polar surface area (TPSA) is 42.5 Å². The molecule has 1 aliphatic rings. The smallest absolute Gasteiger partial charge is 0.168 e. The summed E-state index contributed by atoms with van der Waals surface area (Å²) in [7, 11) is 0. The zero-order chi connectivity index (χ0) is 10.8. The highest BCUT2D eigenvalue weighted by atomic mass is 15.1. The number of hydrogen-bond donors (Lipinski definition) is 0. The first kappa shape index (κ1) is 9.07. The minimum absolute atomic E-state index is 0.452. The lowest BCUT2D eigenvalue weighted by Crippen LogP contribution is -2.33. The van der Waals surface area contributed by atoms with Crippen molar-refractivity contribution in [1.82, 2.24) is 9.55 Å². The number of fused-ring (bicyclic) bond motifs is 1. The Kier molecular flexibility index (Phi) is 2.13. The van der Waals surface area contributed by atoms with E-state index in [9.17, 15) is 0 Å². The van der Waals surface area contributed by atoms with E-state index in [1.807, 2.05) is 22.8 Å². The highest BCUT2D eigenvalue weighted by molar-refractivity contribution is 5.49. The molecule has 1 aromatic heterocycles. The maximum Gasteiger partial charge on any atom is 0.168 e. The summed E-state index contributed by atoms with van der Waals surface area (Å²) in [5, 5.41) is 0.738. The van der Waals surface area contributed by atoms with Crippen LogP contribution in [0.25, 0.3) is 0 Å². The molecule has 3 rings (SSSR count). The Bertz CT molecular complexity index is 648. The lowest BCUT2D eigenvalue weighted by molar-refractivity contribution is 0.738. The highest BCUT2D eigenvalue weighted by Gasteiger charge is 2.01. The molecule has 0 atom stereocenters. The van der Waals surface area contributed by atoms with E-state index < -0.39 is 0 Å².